The number of hydrogen-bond acceptors (Lipinski definition) is 5. The van der Waals surface area contributed by atoms with Crippen LogP contribution in [0.2, 0.25) is 0 Å². The van der Waals surface area contributed by atoms with Crippen LogP contribution in [0.1, 0.15) is 84.0 Å². The van der Waals surface area contributed by atoms with E-state index in [1.54, 1.807) is 0 Å². The van der Waals surface area contributed by atoms with E-state index >= 15 is 0 Å². The van der Waals surface area contributed by atoms with Crippen LogP contribution in [0.25, 0.3) is 0 Å². The third-order valence-corrected chi connectivity index (χ3v) is 6.16. The summed E-state index contributed by atoms with van der Waals surface area (Å²) in [6, 6.07) is 0. The average Bonchev–Trinajstić information content (AvgIpc) is 2.85. The van der Waals surface area contributed by atoms with Crippen LogP contribution in [-0.4, -0.2) is 56.1 Å². The van der Waals surface area contributed by atoms with E-state index < -0.39 is 30.5 Å². The maximum atomic E-state index is 10.1. The van der Waals surface area contributed by atoms with E-state index in [-0.39, 0.29) is 0 Å². The third-order valence-electron chi connectivity index (χ3n) is 6.16. The predicted molar refractivity (Wildman–Crippen MR) is 149 cm³/mol. The molecule has 0 aromatic heterocycles. The summed E-state index contributed by atoms with van der Waals surface area (Å²) in [4.78, 5) is 0. The molecule has 5 nitrogen and oxygen atoms in total. The molecular formula is C31H50O5. The van der Waals surface area contributed by atoms with Crippen molar-refractivity contribution in [2.24, 2.45) is 5.92 Å². The quantitative estimate of drug-likeness (QED) is 0.283. The Balaban J connectivity index is 2.58. The normalized spacial score (nSPS) is 37.2. The lowest BCUT2D eigenvalue weighted by Crippen LogP contribution is -2.06. The number of aliphatic hydroxyl groups is 5. The summed E-state index contributed by atoms with van der Waals surface area (Å²) in [5, 5.41) is 50.5. The molecule has 204 valence electrons. The second-order valence-electron chi connectivity index (χ2n) is 10.0. The smallest absolute Gasteiger partial charge is 0.0609 e. The van der Waals surface area contributed by atoms with Gasteiger partial charge in [0, 0.05) is 0 Å². The molecule has 0 aliphatic heterocycles. The van der Waals surface area contributed by atoms with Gasteiger partial charge in [-0.2, -0.15) is 0 Å². The van der Waals surface area contributed by atoms with Crippen LogP contribution in [0.5, 0.6) is 0 Å². The summed E-state index contributed by atoms with van der Waals surface area (Å²) in [6.07, 6.45) is 28.8. The average molecular weight is 503 g/mol. The Hall–Kier alpha value is -1.76. The van der Waals surface area contributed by atoms with Gasteiger partial charge < -0.3 is 25.5 Å². The summed E-state index contributed by atoms with van der Waals surface area (Å²) < 4.78 is 0. The van der Waals surface area contributed by atoms with Gasteiger partial charge >= 0.3 is 0 Å². The minimum atomic E-state index is -0.485. The molecule has 0 fully saturated rings. The zero-order valence-corrected chi connectivity index (χ0v) is 22.1. The highest BCUT2D eigenvalue weighted by atomic mass is 16.3. The van der Waals surface area contributed by atoms with Gasteiger partial charge in [-0.1, -0.05) is 79.8 Å². The monoisotopic (exact) mass is 502 g/mol. The van der Waals surface area contributed by atoms with Gasteiger partial charge in [0.1, 0.15) is 0 Å². The second-order valence-corrected chi connectivity index (χ2v) is 10.0. The highest BCUT2D eigenvalue weighted by molar-refractivity contribution is 4.96. The molecule has 0 radical (unpaired) electrons. The first-order valence-electron chi connectivity index (χ1n) is 13.7. The maximum Gasteiger partial charge on any atom is 0.0609 e. The lowest BCUT2D eigenvalue weighted by molar-refractivity contribution is 0.173. The molecule has 1 aliphatic rings. The summed E-state index contributed by atoms with van der Waals surface area (Å²) in [5.74, 6) is 0.501. The summed E-state index contributed by atoms with van der Waals surface area (Å²) in [5.41, 5.74) is 0. The first kappa shape index (κ1) is 32.3. The van der Waals surface area contributed by atoms with Crippen molar-refractivity contribution in [1.82, 2.24) is 0 Å². The fourth-order valence-corrected chi connectivity index (χ4v) is 3.77. The fraction of sp³-hybridized carbons (Fsp3) is 0.613. The lowest BCUT2D eigenvalue weighted by atomic mass is 10.0. The Morgan fingerprint density at radius 1 is 0.306 bits per heavy atom. The number of hydrogen-bond donors (Lipinski definition) is 5. The van der Waals surface area contributed by atoms with Crippen molar-refractivity contribution in [2.75, 3.05) is 0 Å². The minimum Gasteiger partial charge on any atom is -0.392 e. The van der Waals surface area contributed by atoms with E-state index in [9.17, 15) is 25.5 Å². The summed E-state index contributed by atoms with van der Waals surface area (Å²) >= 11 is 0. The van der Waals surface area contributed by atoms with Gasteiger partial charge in [0.25, 0.3) is 0 Å². The minimum absolute atomic E-state index is 0.417. The third kappa shape index (κ3) is 19.4. The first-order chi connectivity index (χ1) is 17.4. The molecular weight excluding hydrogens is 452 g/mol. The van der Waals surface area contributed by atoms with E-state index in [0.717, 1.165) is 12.8 Å². The van der Waals surface area contributed by atoms with E-state index in [0.29, 0.717) is 70.1 Å². The van der Waals surface area contributed by atoms with Crippen LogP contribution in [0.15, 0.2) is 72.9 Å². The van der Waals surface area contributed by atoms with E-state index in [2.05, 4.69) is 19.1 Å². The Morgan fingerprint density at radius 3 is 0.611 bits per heavy atom. The number of aliphatic hydroxyl groups excluding tert-OH is 5. The van der Waals surface area contributed by atoms with Gasteiger partial charge in [0.05, 0.1) is 30.5 Å². The van der Waals surface area contributed by atoms with Gasteiger partial charge in [0.15, 0.2) is 0 Å². The van der Waals surface area contributed by atoms with Crippen molar-refractivity contribution in [3.05, 3.63) is 72.9 Å². The van der Waals surface area contributed by atoms with Gasteiger partial charge in [-0.15, -0.1) is 0 Å². The molecule has 6 unspecified atom stereocenters. The Labute approximate surface area is 219 Å². The summed E-state index contributed by atoms with van der Waals surface area (Å²) in [6.45, 7) is 2.19. The molecule has 36 heavy (non-hydrogen) atoms. The second kappa shape index (κ2) is 21.3. The highest BCUT2D eigenvalue weighted by Gasteiger charge is 2.04. The molecule has 1 aliphatic carbocycles. The lowest BCUT2D eigenvalue weighted by Gasteiger charge is -2.08. The largest absolute Gasteiger partial charge is 0.392 e. The number of rotatable bonds is 0. The standard InChI is InChI=1S/C31H50O5/c1-26-14-2-4-16-27(32)18-6-8-20-29(34)22-10-12-24-31(36)25-13-11-23-30(35)21-9-7-19-28(33)17-5-3-15-26/h2-13,26-36H,14-25H2,1H3/b4-2-,5-3+,8-6+,9-7+,12-10+,13-11-. The van der Waals surface area contributed by atoms with Crippen molar-refractivity contribution in [1.29, 1.82) is 0 Å². The van der Waals surface area contributed by atoms with Crippen LogP contribution < -0.4 is 0 Å². The fourth-order valence-electron chi connectivity index (χ4n) is 3.77. The Morgan fingerprint density at radius 2 is 0.444 bits per heavy atom. The Bertz CT molecular complexity index is 503. The zero-order chi connectivity index (χ0) is 26.4. The van der Waals surface area contributed by atoms with Crippen LogP contribution in [0, 0.1) is 5.92 Å². The maximum absolute atomic E-state index is 10.1. The molecule has 6 atom stereocenters. The highest BCUT2D eigenvalue weighted by Crippen LogP contribution is 2.12. The molecule has 0 spiro atoms. The van der Waals surface area contributed by atoms with Crippen molar-refractivity contribution < 1.29 is 25.5 Å². The molecule has 5 N–H and O–H groups in total. The molecule has 1 rings (SSSR count). The van der Waals surface area contributed by atoms with Crippen LogP contribution in [0.4, 0.5) is 0 Å². The van der Waals surface area contributed by atoms with E-state index in [4.69, 9.17) is 0 Å². The van der Waals surface area contributed by atoms with Crippen molar-refractivity contribution in [2.45, 2.75) is 114 Å². The van der Waals surface area contributed by atoms with E-state index in [1.807, 2.05) is 60.8 Å². The Kier molecular flexibility index (Phi) is 19.1. The molecule has 0 saturated heterocycles. The topological polar surface area (TPSA) is 101 Å². The molecule has 0 saturated carbocycles. The van der Waals surface area contributed by atoms with Gasteiger partial charge in [-0.25, -0.2) is 0 Å². The SMILES string of the molecule is CC1C/C=C\CC(O)C/C=C/CC(O)C/C=C/CC(O)C/C=C\CC(O)C/C=C/CC(O)C/C=C/C1. The van der Waals surface area contributed by atoms with Gasteiger partial charge in [0.2, 0.25) is 0 Å². The molecule has 0 aromatic carbocycles. The van der Waals surface area contributed by atoms with Gasteiger partial charge in [-0.3, -0.25) is 0 Å². The number of allylic oxidation sites excluding steroid dienone is 2. The molecule has 5 heteroatoms. The van der Waals surface area contributed by atoms with Crippen LogP contribution >= 0.6 is 0 Å². The predicted octanol–water partition coefficient (Wildman–Crippen LogP) is 5.46. The van der Waals surface area contributed by atoms with Gasteiger partial charge in [-0.05, 0) is 83.0 Å². The zero-order valence-electron chi connectivity index (χ0n) is 22.1. The molecule has 0 amide bonds. The van der Waals surface area contributed by atoms with Crippen LogP contribution in [-0.2, 0) is 0 Å². The van der Waals surface area contributed by atoms with Crippen molar-refractivity contribution in [3.8, 4) is 0 Å². The summed E-state index contributed by atoms with van der Waals surface area (Å²) in [7, 11) is 0. The first-order valence-corrected chi connectivity index (χ1v) is 13.7. The van der Waals surface area contributed by atoms with Crippen molar-refractivity contribution in [3.63, 3.8) is 0 Å². The molecule has 0 aromatic rings. The van der Waals surface area contributed by atoms with Crippen LogP contribution in [0.3, 0.4) is 0 Å². The van der Waals surface area contributed by atoms with Crippen molar-refractivity contribution >= 4 is 0 Å². The van der Waals surface area contributed by atoms with E-state index in [1.165, 1.54) is 0 Å². The molecule has 0 heterocycles. The molecule has 0 bridgehead atoms.